The van der Waals surface area contributed by atoms with Crippen molar-refractivity contribution in [1.29, 1.82) is 0 Å². The molecule has 1 fully saturated rings. The fourth-order valence-electron chi connectivity index (χ4n) is 2.39. The number of carbonyl (C=O) groups is 1. The molecule has 1 aromatic carbocycles. The number of ether oxygens (including phenoxy) is 2. The second kappa shape index (κ2) is 8.76. The second-order valence-electron chi connectivity index (χ2n) is 5.78. The summed E-state index contributed by atoms with van der Waals surface area (Å²) in [5, 5.41) is 5.91. The maximum Gasteiger partial charge on any atom is 0.221 e. The van der Waals surface area contributed by atoms with Gasteiger partial charge in [0, 0.05) is 37.6 Å². The summed E-state index contributed by atoms with van der Waals surface area (Å²) < 4.78 is 11.3. The summed E-state index contributed by atoms with van der Waals surface area (Å²) in [7, 11) is 1.84. The highest BCUT2D eigenvalue weighted by Gasteiger charge is 2.17. The molecule has 1 aliphatic heterocycles. The lowest BCUT2D eigenvalue weighted by Gasteiger charge is -2.15. The van der Waals surface area contributed by atoms with E-state index in [0.29, 0.717) is 32.0 Å². The van der Waals surface area contributed by atoms with Gasteiger partial charge < -0.3 is 20.1 Å². The maximum atomic E-state index is 11.7. The Morgan fingerprint density at radius 3 is 3.05 bits per heavy atom. The zero-order chi connectivity index (χ0) is 15.8. The van der Waals surface area contributed by atoms with E-state index >= 15 is 0 Å². The monoisotopic (exact) mass is 306 g/mol. The molecule has 22 heavy (non-hydrogen) atoms. The van der Waals surface area contributed by atoms with Crippen LogP contribution in [0.25, 0.3) is 0 Å². The largest absolute Gasteiger partial charge is 0.493 e. The third-order valence-corrected chi connectivity index (χ3v) is 3.80. The van der Waals surface area contributed by atoms with Crippen molar-refractivity contribution in [2.75, 3.05) is 33.4 Å². The van der Waals surface area contributed by atoms with Crippen LogP contribution in [0, 0.1) is 12.8 Å². The van der Waals surface area contributed by atoms with Gasteiger partial charge in [0.15, 0.2) is 0 Å². The van der Waals surface area contributed by atoms with E-state index in [1.54, 1.807) is 0 Å². The van der Waals surface area contributed by atoms with Crippen molar-refractivity contribution in [3.8, 4) is 5.75 Å². The molecule has 1 aromatic rings. The minimum Gasteiger partial charge on any atom is -0.493 e. The van der Waals surface area contributed by atoms with E-state index in [1.807, 2.05) is 32.2 Å². The van der Waals surface area contributed by atoms with Gasteiger partial charge in [-0.2, -0.15) is 0 Å². The molecule has 1 amide bonds. The number of hydrogen-bond acceptors (Lipinski definition) is 4. The van der Waals surface area contributed by atoms with Gasteiger partial charge in [-0.25, -0.2) is 0 Å². The SMILES string of the molecule is CNCCC(=O)NCc1ccc(C)cc1OCC1CCOC1. The average molecular weight is 306 g/mol. The van der Waals surface area contributed by atoms with Crippen LogP contribution in [0.4, 0.5) is 0 Å². The summed E-state index contributed by atoms with van der Waals surface area (Å²) in [6.07, 6.45) is 1.54. The van der Waals surface area contributed by atoms with E-state index in [0.717, 1.165) is 36.5 Å². The second-order valence-corrected chi connectivity index (χ2v) is 5.78. The van der Waals surface area contributed by atoms with Crippen LogP contribution in [0.5, 0.6) is 5.75 Å². The zero-order valence-electron chi connectivity index (χ0n) is 13.5. The van der Waals surface area contributed by atoms with E-state index in [2.05, 4.69) is 10.6 Å². The van der Waals surface area contributed by atoms with Gasteiger partial charge in [0.2, 0.25) is 5.91 Å². The predicted octanol–water partition coefficient (Wildman–Crippen LogP) is 1.64. The first-order valence-electron chi connectivity index (χ1n) is 7.90. The number of nitrogens with one attached hydrogen (secondary N) is 2. The molecular weight excluding hydrogens is 280 g/mol. The summed E-state index contributed by atoms with van der Waals surface area (Å²) in [6, 6.07) is 6.10. The van der Waals surface area contributed by atoms with Gasteiger partial charge in [-0.1, -0.05) is 12.1 Å². The summed E-state index contributed by atoms with van der Waals surface area (Å²) in [5.41, 5.74) is 2.17. The van der Waals surface area contributed by atoms with Crippen molar-refractivity contribution >= 4 is 5.91 Å². The van der Waals surface area contributed by atoms with Gasteiger partial charge in [0.05, 0.1) is 13.2 Å². The molecular formula is C17H26N2O3. The molecule has 2 N–H and O–H groups in total. The van der Waals surface area contributed by atoms with Crippen molar-refractivity contribution in [2.45, 2.75) is 26.3 Å². The van der Waals surface area contributed by atoms with Crippen LogP contribution < -0.4 is 15.4 Å². The Hall–Kier alpha value is -1.59. The van der Waals surface area contributed by atoms with Crippen LogP contribution in [0.2, 0.25) is 0 Å². The number of benzene rings is 1. The first kappa shape index (κ1) is 16.8. The lowest BCUT2D eigenvalue weighted by atomic mass is 10.1. The van der Waals surface area contributed by atoms with Crippen LogP contribution in [0.1, 0.15) is 24.0 Å². The van der Waals surface area contributed by atoms with Crippen LogP contribution in [-0.4, -0.2) is 39.3 Å². The molecule has 1 unspecified atom stereocenters. The summed E-state index contributed by atoms with van der Waals surface area (Å²) >= 11 is 0. The standard InChI is InChI=1S/C17H26N2O3/c1-13-3-4-15(10-19-17(20)5-7-18-2)16(9-13)22-12-14-6-8-21-11-14/h3-4,9,14,18H,5-8,10-12H2,1-2H3,(H,19,20). The molecule has 0 radical (unpaired) electrons. The van der Waals surface area contributed by atoms with Crippen molar-refractivity contribution in [1.82, 2.24) is 10.6 Å². The molecule has 0 aromatic heterocycles. The van der Waals surface area contributed by atoms with Gasteiger partial charge in [0.25, 0.3) is 0 Å². The Kier molecular flexibility index (Phi) is 6.68. The Labute approximate surface area is 132 Å². The number of carbonyl (C=O) groups excluding carboxylic acids is 1. The van der Waals surface area contributed by atoms with Gasteiger partial charge in [0.1, 0.15) is 5.75 Å². The normalized spacial score (nSPS) is 17.5. The Bertz CT molecular complexity index is 485. The third-order valence-electron chi connectivity index (χ3n) is 3.80. The average Bonchev–Trinajstić information content (AvgIpc) is 3.03. The van der Waals surface area contributed by atoms with Gasteiger partial charge >= 0.3 is 0 Å². The van der Waals surface area contributed by atoms with Gasteiger partial charge in [-0.15, -0.1) is 0 Å². The number of hydrogen-bond donors (Lipinski definition) is 2. The molecule has 2 rings (SSSR count). The van der Waals surface area contributed by atoms with E-state index in [9.17, 15) is 4.79 Å². The number of aryl methyl sites for hydroxylation is 1. The molecule has 1 atom stereocenters. The minimum absolute atomic E-state index is 0.0464. The topological polar surface area (TPSA) is 59.6 Å². The highest BCUT2D eigenvalue weighted by atomic mass is 16.5. The quantitative estimate of drug-likeness (QED) is 0.766. The minimum atomic E-state index is 0.0464. The van der Waals surface area contributed by atoms with E-state index < -0.39 is 0 Å². The molecule has 1 saturated heterocycles. The molecule has 0 saturated carbocycles. The summed E-state index contributed by atoms with van der Waals surface area (Å²) in [6.45, 7) is 5.51. The predicted molar refractivity (Wildman–Crippen MR) is 86.0 cm³/mol. The zero-order valence-corrected chi connectivity index (χ0v) is 13.5. The maximum absolute atomic E-state index is 11.7. The number of amides is 1. The number of rotatable bonds is 8. The fraction of sp³-hybridized carbons (Fsp3) is 0.588. The molecule has 5 heteroatoms. The van der Waals surface area contributed by atoms with Gasteiger partial charge in [-0.3, -0.25) is 4.79 Å². The van der Waals surface area contributed by atoms with Crippen LogP contribution in [0.15, 0.2) is 18.2 Å². The fourth-order valence-corrected chi connectivity index (χ4v) is 2.39. The van der Waals surface area contributed by atoms with Crippen LogP contribution in [-0.2, 0) is 16.1 Å². The van der Waals surface area contributed by atoms with E-state index in [4.69, 9.17) is 9.47 Å². The first-order valence-corrected chi connectivity index (χ1v) is 7.90. The van der Waals surface area contributed by atoms with E-state index in [-0.39, 0.29) is 5.91 Å². The van der Waals surface area contributed by atoms with E-state index in [1.165, 1.54) is 0 Å². The molecule has 0 spiro atoms. The summed E-state index contributed by atoms with van der Waals surface area (Å²) in [4.78, 5) is 11.7. The van der Waals surface area contributed by atoms with Crippen LogP contribution in [0.3, 0.4) is 0 Å². The molecule has 0 aliphatic carbocycles. The van der Waals surface area contributed by atoms with Crippen molar-refractivity contribution in [3.63, 3.8) is 0 Å². The smallest absolute Gasteiger partial charge is 0.221 e. The Balaban J connectivity index is 1.90. The first-order chi connectivity index (χ1) is 10.7. The van der Waals surface area contributed by atoms with Crippen LogP contribution >= 0.6 is 0 Å². The van der Waals surface area contributed by atoms with Crippen molar-refractivity contribution in [3.05, 3.63) is 29.3 Å². The van der Waals surface area contributed by atoms with Crippen molar-refractivity contribution in [2.24, 2.45) is 5.92 Å². The Morgan fingerprint density at radius 1 is 1.45 bits per heavy atom. The molecule has 5 nitrogen and oxygen atoms in total. The highest BCUT2D eigenvalue weighted by Crippen LogP contribution is 2.22. The Morgan fingerprint density at radius 2 is 2.32 bits per heavy atom. The van der Waals surface area contributed by atoms with Gasteiger partial charge in [-0.05, 0) is 32.0 Å². The molecule has 122 valence electrons. The molecule has 0 bridgehead atoms. The molecule has 1 heterocycles. The van der Waals surface area contributed by atoms with Crippen molar-refractivity contribution < 1.29 is 14.3 Å². The highest BCUT2D eigenvalue weighted by molar-refractivity contribution is 5.76. The molecule has 1 aliphatic rings. The summed E-state index contributed by atoms with van der Waals surface area (Å²) in [5.74, 6) is 1.38. The lowest BCUT2D eigenvalue weighted by Crippen LogP contribution is -2.26. The third kappa shape index (κ3) is 5.31. The lowest BCUT2D eigenvalue weighted by molar-refractivity contribution is -0.121.